The molecular weight excluding hydrogens is 316 g/mol. The highest BCUT2D eigenvalue weighted by Crippen LogP contribution is 2.63. The van der Waals surface area contributed by atoms with Gasteiger partial charge in [-0.3, -0.25) is 4.79 Å². The van der Waals surface area contributed by atoms with Crippen LogP contribution in [-0.2, 0) is 14.3 Å². The van der Waals surface area contributed by atoms with E-state index in [0.717, 1.165) is 17.7 Å². The van der Waals surface area contributed by atoms with E-state index in [1.54, 1.807) is 0 Å². The smallest absolute Gasteiger partial charge is 0.305 e. The first-order valence-electron chi connectivity index (χ1n) is 9.46. The number of para-hydroxylation sites is 1. The number of carbonyl (C=O) groups excluding carboxylic acids is 1. The minimum Gasteiger partial charge on any atom is -0.487 e. The van der Waals surface area contributed by atoms with E-state index in [1.165, 1.54) is 0 Å². The first-order valence-corrected chi connectivity index (χ1v) is 9.46. The van der Waals surface area contributed by atoms with Crippen molar-refractivity contribution in [1.29, 1.82) is 0 Å². The van der Waals surface area contributed by atoms with Crippen LogP contribution in [0.25, 0.3) is 0 Å². The lowest BCUT2D eigenvalue weighted by Crippen LogP contribution is -2.66. The van der Waals surface area contributed by atoms with Gasteiger partial charge in [-0.1, -0.05) is 39.0 Å². The SMILES string of the molecule is CCC(=O)OC[C@@]12CO[C@H]3c4ccccc4O[C@@](C)(C[C@@H]1C)[C@@H]3[C@@H]2C. The Kier molecular flexibility index (Phi) is 3.87. The van der Waals surface area contributed by atoms with Gasteiger partial charge >= 0.3 is 5.97 Å². The molecule has 3 aliphatic rings. The fraction of sp³-hybridized carbons (Fsp3) is 0.667. The van der Waals surface area contributed by atoms with E-state index in [-0.39, 0.29) is 29.0 Å². The number of hydrogen-bond acceptors (Lipinski definition) is 4. The summed E-state index contributed by atoms with van der Waals surface area (Å²) in [5.41, 5.74) is 0.794. The molecule has 0 spiro atoms. The summed E-state index contributed by atoms with van der Waals surface area (Å²) in [5, 5.41) is 0. The maximum atomic E-state index is 11.8. The molecule has 1 aromatic carbocycles. The second-order valence-corrected chi connectivity index (χ2v) is 8.35. The van der Waals surface area contributed by atoms with E-state index in [2.05, 4.69) is 39.0 Å². The fourth-order valence-corrected chi connectivity index (χ4v) is 5.57. The molecule has 6 atom stereocenters. The molecule has 4 nitrogen and oxygen atoms in total. The predicted molar refractivity (Wildman–Crippen MR) is 94.3 cm³/mol. The van der Waals surface area contributed by atoms with Crippen molar-refractivity contribution < 1.29 is 19.0 Å². The molecule has 1 aliphatic carbocycles. The maximum Gasteiger partial charge on any atom is 0.305 e. The standard InChI is InChI=1S/C21H28O4/c1-5-17(22)23-11-21-12-24-19-15-8-6-7-9-16(15)25-20(4,10-13(21)2)18(19)14(21)3/h6-9,13-14,18-19H,5,10-12H2,1-4H3/t13-,14-,18+,19-,20-,21+/m0/s1. The summed E-state index contributed by atoms with van der Waals surface area (Å²) in [6.45, 7) is 9.70. The van der Waals surface area contributed by atoms with Gasteiger partial charge in [0.05, 0.1) is 19.3 Å². The van der Waals surface area contributed by atoms with Crippen LogP contribution in [0.2, 0.25) is 0 Å². The van der Waals surface area contributed by atoms with Gasteiger partial charge in [0.25, 0.3) is 0 Å². The molecule has 4 heteroatoms. The van der Waals surface area contributed by atoms with Crippen LogP contribution in [-0.4, -0.2) is 24.8 Å². The summed E-state index contributed by atoms with van der Waals surface area (Å²) in [5.74, 6) is 1.82. The lowest BCUT2D eigenvalue weighted by Gasteiger charge is -2.63. The number of carbonyl (C=O) groups is 1. The molecule has 2 aliphatic heterocycles. The van der Waals surface area contributed by atoms with Crippen molar-refractivity contribution in [2.24, 2.45) is 23.2 Å². The van der Waals surface area contributed by atoms with Gasteiger partial charge in [0.15, 0.2) is 0 Å². The quantitative estimate of drug-likeness (QED) is 0.773. The first-order chi connectivity index (χ1) is 11.9. The van der Waals surface area contributed by atoms with E-state index in [4.69, 9.17) is 14.2 Å². The number of rotatable bonds is 3. The summed E-state index contributed by atoms with van der Waals surface area (Å²) < 4.78 is 18.6. The molecule has 0 unspecified atom stereocenters. The summed E-state index contributed by atoms with van der Waals surface area (Å²) in [7, 11) is 0. The zero-order valence-corrected chi connectivity index (χ0v) is 15.6. The van der Waals surface area contributed by atoms with E-state index < -0.39 is 0 Å². The number of hydrogen-bond donors (Lipinski definition) is 0. The number of esters is 1. The van der Waals surface area contributed by atoms with Crippen LogP contribution >= 0.6 is 0 Å². The number of ether oxygens (including phenoxy) is 3. The number of fused-ring (bicyclic) bond motifs is 3. The van der Waals surface area contributed by atoms with Gasteiger partial charge in [0.2, 0.25) is 0 Å². The molecule has 0 amide bonds. The van der Waals surface area contributed by atoms with Crippen molar-refractivity contribution in [3.05, 3.63) is 29.8 Å². The van der Waals surface area contributed by atoms with Crippen LogP contribution in [0.5, 0.6) is 5.75 Å². The largest absolute Gasteiger partial charge is 0.487 e. The third kappa shape index (κ3) is 2.33. The van der Waals surface area contributed by atoms with Crippen LogP contribution in [0.3, 0.4) is 0 Å². The number of benzene rings is 1. The van der Waals surface area contributed by atoms with Crippen molar-refractivity contribution in [2.45, 2.75) is 52.2 Å². The van der Waals surface area contributed by atoms with Crippen molar-refractivity contribution in [2.75, 3.05) is 13.2 Å². The van der Waals surface area contributed by atoms with Crippen LogP contribution < -0.4 is 4.74 Å². The molecule has 2 heterocycles. The first kappa shape index (κ1) is 16.9. The Morgan fingerprint density at radius 3 is 2.84 bits per heavy atom. The lowest BCUT2D eigenvalue weighted by atomic mass is 9.50. The predicted octanol–water partition coefficient (Wildman–Crippen LogP) is 4.14. The normalized spacial score (nSPS) is 41.4. The molecule has 1 saturated carbocycles. The molecule has 1 aromatic rings. The van der Waals surface area contributed by atoms with E-state index in [9.17, 15) is 4.79 Å². The second kappa shape index (κ2) is 5.73. The Morgan fingerprint density at radius 2 is 2.08 bits per heavy atom. The average Bonchev–Trinajstić information content (AvgIpc) is 2.59. The monoisotopic (exact) mass is 344 g/mol. The Morgan fingerprint density at radius 1 is 1.32 bits per heavy atom. The summed E-state index contributed by atoms with van der Waals surface area (Å²) >= 11 is 0. The zero-order valence-electron chi connectivity index (χ0n) is 15.6. The van der Waals surface area contributed by atoms with Crippen molar-refractivity contribution >= 4 is 5.97 Å². The molecule has 0 N–H and O–H groups in total. The highest BCUT2D eigenvalue weighted by Gasteiger charge is 2.64. The van der Waals surface area contributed by atoms with Crippen LogP contribution in [0, 0.1) is 23.2 Å². The maximum absolute atomic E-state index is 11.8. The summed E-state index contributed by atoms with van der Waals surface area (Å²) in [6.07, 6.45) is 1.44. The molecular formula is C21H28O4. The molecule has 1 saturated heterocycles. The second-order valence-electron chi connectivity index (χ2n) is 8.35. The van der Waals surface area contributed by atoms with E-state index >= 15 is 0 Å². The molecule has 0 radical (unpaired) electrons. The van der Waals surface area contributed by atoms with Crippen molar-refractivity contribution in [3.63, 3.8) is 0 Å². The van der Waals surface area contributed by atoms with Gasteiger partial charge in [0, 0.05) is 23.3 Å². The molecule has 25 heavy (non-hydrogen) atoms. The van der Waals surface area contributed by atoms with Gasteiger partial charge in [-0.05, 0) is 31.2 Å². The van der Waals surface area contributed by atoms with E-state index in [0.29, 0.717) is 31.5 Å². The van der Waals surface area contributed by atoms with Crippen molar-refractivity contribution in [1.82, 2.24) is 0 Å². The molecule has 2 fully saturated rings. The summed E-state index contributed by atoms with van der Waals surface area (Å²) in [6, 6.07) is 8.24. The Balaban J connectivity index is 1.72. The minimum absolute atomic E-state index is 0.0625. The average molecular weight is 344 g/mol. The zero-order chi connectivity index (χ0) is 17.8. The Bertz CT molecular complexity index is 686. The molecule has 4 rings (SSSR count). The summed E-state index contributed by atoms with van der Waals surface area (Å²) in [4.78, 5) is 11.8. The molecule has 2 bridgehead atoms. The minimum atomic E-state index is -0.240. The Hall–Kier alpha value is -1.55. The van der Waals surface area contributed by atoms with Gasteiger partial charge in [0.1, 0.15) is 11.4 Å². The van der Waals surface area contributed by atoms with Crippen LogP contribution in [0.1, 0.15) is 52.2 Å². The Labute approximate surface area is 149 Å². The van der Waals surface area contributed by atoms with Gasteiger partial charge in [-0.2, -0.15) is 0 Å². The molecule has 0 aromatic heterocycles. The van der Waals surface area contributed by atoms with Gasteiger partial charge < -0.3 is 14.2 Å². The lowest BCUT2D eigenvalue weighted by molar-refractivity contribution is -0.262. The molecule has 136 valence electrons. The topological polar surface area (TPSA) is 44.8 Å². The van der Waals surface area contributed by atoms with Crippen molar-refractivity contribution in [3.8, 4) is 5.75 Å². The van der Waals surface area contributed by atoms with Crippen LogP contribution in [0.15, 0.2) is 24.3 Å². The van der Waals surface area contributed by atoms with Gasteiger partial charge in [-0.25, -0.2) is 0 Å². The van der Waals surface area contributed by atoms with Crippen LogP contribution in [0.4, 0.5) is 0 Å². The highest BCUT2D eigenvalue weighted by atomic mass is 16.5. The highest BCUT2D eigenvalue weighted by molar-refractivity contribution is 5.68. The third-order valence-corrected chi connectivity index (χ3v) is 7.06. The fourth-order valence-electron chi connectivity index (χ4n) is 5.57. The van der Waals surface area contributed by atoms with E-state index in [1.807, 2.05) is 13.0 Å². The van der Waals surface area contributed by atoms with Gasteiger partial charge in [-0.15, -0.1) is 0 Å². The third-order valence-electron chi connectivity index (χ3n) is 7.06.